The summed E-state index contributed by atoms with van der Waals surface area (Å²) in [5.41, 5.74) is 0.739. The molecular formula is C14H16N2O3. The van der Waals surface area contributed by atoms with Gasteiger partial charge in [-0.25, -0.2) is 0 Å². The van der Waals surface area contributed by atoms with E-state index in [0.29, 0.717) is 12.3 Å². The van der Waals surface area contributed by atoms with Gasteiger partial charge < -0.3 is 14.5 Å². The van der Waals surface area contributed by atoms with Crippen LogP contribution in [0, 0.1) is 0 Å². The topological polar surface area (TPSA) is 49.9 Å². The normalized spacial score (nSPS) is 21.2. The third-order valence-electron chi connectivity index (χ3n) is 3.60. The summed E-state index contributed by atoms with van der Waals surface area (Å²) in [6.45, 7) is 3.38. The summed E-state index contributed by atoms with van der Waals surface area (Å²) in [7, 11) is 0. The van der Waals surface area contributed by atoms with Gasteiger partial charge in [-0.05, 0) is 18.6 Å². The Morgan fingerprint density at radius 2 is 2.00 bits per heavy atom. The lowest BCUT2D eigenvalue weighted by Gasteiger charge is -2.38. The molecule has 1 unspecified atom stereocenters. The highest BCUT2D eigenvalue weighted by atomic mass is 16.5. The van der Waals surface area contributed by atoms with Crippen LogP contribution in [0.3, 0.4) is 0 Å². The minimum atomic E-state index is -0.584. The fraction of sp³-hybridized carbons (Fsp3) is 0.429. The van der Waals surface area contributed by atoms with Gasteiger partial charge in [0.15, 0.2) is 6.10 Å². The number of carbonyl (C=O) groups is 2. The van der Waals surface area contributed by atoms with Crippen molar-refractivity contribution in [3.63, 3.8) is 0 Å². The van der Waals surface area contributed by atoms with Crippen LogP contribution in [0.1, 0.15) is 13.3 Å². The van der Waals surface area contributed by atoms with Crippen molar-refractivity contribution in [2.24, 2.45) is 0 Å². The molecule has 0 aromatic heterocycles. The van der Waals surface area contributed by atoms with Crippen molar-refractivity contribution in [2.45, 2.75) is 19.4 Å². The molecule has 1 saturated heterocycles. The van der Waals surface area contributed by atoms with E-state index in [2.05, 4.69) is 0 Å². The van der Waals surface area contributed by atoms with E-state index in [4.69, 9.17) is 4.74 Å². The van der Waals surface area contributed by atoms with Crippen molar-refractivity contribution in [1.29, 1.82) is 0 Å². The number of para-hydroxylation sites is 2. The number of carbonyl (C=O) groups excluding carboxylic acids is 2. The highest BCUT2D eigenvalue weighted by Gasteiger charge is 2.36. The predicted octanol–water partition coefficient (Wildman–Crippen LogP) is 1.03. The standard InChI is InChI=1S/C14H16N2O3/c1-10(17)16-9-13(14(18)15-7-4-8-15)19-12-6-3-2-5-11(12)16/h2-3,5-6,13H,4,7-9H2,1H3. The van der Waals surface area contributed by atoms with E-state index in [-0.39, 0.29) is 11.8 Å². The van der Waals surface area contributed by atoms with Gasteiger partial charge >= 0.3 is 0 Å². The zero-order valence-electron chi connectivity index (χ0n) is 10.8. The lowest BCUT2D eigenvalue weighted by atomic mass is 10.1. The summed E-state index contributed by atoms with van der Waals surface area (Å²) >= 11 is 0. The second kappa shape index (κ2) is 4.57. The molecule has 2 heterocycles. The number of fused-ring (bicyclic) bond motifs is 1. The van der Waals surface area contributed by atoms with E-state index in [9.17, 15) is 9.59 Å². The molecule has 5 nitrogen and oxygen atoms in total. The molecule has 1 aromatic rings. The van der Waals surface area contributed by atoms with Crippen molar-refractivity contribution in [2.75, 3.05) is 24.5 Å². The monoisotopic (exact) mass is 260 g/mol. The second-order valence-corrected chi connectivity index (χ2v) is 4.88. The first-order chi connectivity index (χ1) is 9.16. The molecule has 0 radical (unpaired) electrons. The van der Waals surface area contributed by atoms with Crippen LogP contribution < -0.4 is 9.64 Å². The summed E-state index contributed by atoms with van der Waals surface area (Å²) < 4.78 is 5.75. The first-order valence-electron chi connectivity index (χ1n) is 6.49. The highest BCUT2D eigenvalue weighted by molar-refractivity contribution is 5.95. The van der Waals surface area contributed by atoms with E-state index in [0.717, 1.165) is 25.2 Å². The van der Waals surface area contributed by atoms with E-state index in [1.807, 2.05) is 18.2 Å². The summed E-state index contributed by atoms with van der Waals surface area (Å²) in [4.78, 5) is 27.3. The number of likely N-dealkylation sites (tertiary alicyclic amines) is 1. The number of benzene rings is 1. The Morgan fingerprint density at radius 1 is 1.26 bits per heavy atom. The van der Waals surface area contributed by atoms with E-state index in [1.54, 1.807) is 15.9 Å². The average Bonchev–Trinajstić information content (AvgIpc) is 2.35. The van der Waals surface area contributed by atoms with Crippen molar-refractivity contribution in [1.82, 2.24) is 4.90 Å². The van der Waals surface area contributed by atoms with Gasteiger partial charge in [-0.3, -0.25) is 9.59 Å². The SMILES string of the molecule is CC(=O)N1CC(C(=O)N2CCC2)Oc2ccccc21. The zero-order chi connectivity index (χ0) is 13.4. The van der Waals surface area contributed by atoms with Crippen LogP contribution in [0.2, 0.25) is 0 Å². The quantitative estimate of drug-likeness (QED) is 0.758. The molecule has 1 atom stereocenters. The third kappa shape index (κ3) is 2.05. The van der Waals surface area contributed by atoms with Crippen molar-refractivity contribution in [3.8, 4) is 5.75 Å². The molecule has 5 heteroatoms. The summed E-state index contributed by atoms with van der Waals surface area (Å²) in [5.74, 6) is 0.506. The molecule has 0 N–H and O–H groups in total. The number of hydrogen-bond donors (Lipinski definition) is 0. The van der Waals surface area contributed by atoms with Crippen LogP contribution in [0.5, 0.6) is 5.75 Å². The maximum atomic E-state index is 12.2. The first kappa shape index (κ1) is 12.0. The fourth-order valence-electron chi connectivity index (χ4n) is 2.40. The van der Waals surface area contributed by atoms with Gasteiger partial charge in [0, 0.05) is 20.0 Å². The summed E-state index contributed by atoms with van der Waals surface area (Å²) in [5, 5.41) is 0. The number of rotatable bonds is 1. The number of nitrogens with zero attached hydrogens (tertiary/aromatic N) is 2. The van der Waals surface area contributed by atoms with Gasteiger partial charge in [-0.1, -0.05) is 12.1 Å². The molecule has 2 aliphatic heterocycles. The van der Waals surface area contributed by atoms with Crippen molar-refractivity contribution < 1.29 is 14.3 Å². The molecule has 100 valence electrons. The molecule has 2 amide bonds. The third-order valence-corrected chi connectivity index (χ3v) is 3.60. The van der Waals surface area contributed by atoms with E-state index in [1.165, 1.54) is 6.92 Å². The van der Waals surface area contributed by atoms with Crippen LogP contribution in [-0.2, 0) is 9.59 Å². The van der Waals surface area contributed by atoms with Gasteiger partial charge in [0.2, 0.25) is 5.91 Å². The molecule has 1 aromatic carbocycles. The molecule has 0 bridgehead atoms. The van der Waals surface area contributed by atoms with E-state index >= 15 is 0 Å². The summed E-state index contributed by atoms with van der Waals surface area (Å²) in [6.07, 6.45) is 0.463. The Morgan fingerprint density at radius 3 is 2.63 bits per heavy atom. The van der Waals surface area contributed by atoms with Crippen LogP contribution in [0.4, 0.5) is 5.69 Å². The molecular weight excluding hydrogens is 244 g/mol. The zero-order valence-corrected chi connectivity index (χ0v) is 10.8. The Bertz CT molecular complexity index is 525. The molecule has 0 aliphatic carbocycles. The molecule has 0 spiro atoms. The largest absolute Gasteiger partial charge is 0.476 e. The van der Waals surface area contributed by atoms with Crippen LogP contribution >= 0.6 is 0 Å². The minimum absolute atomic E-state index is 0.0213. The number of hydrogen-bond acceptors (Lipinski definition) is 3. The maximum Gasteiger partial charge on any atom is 0.265 e. The second-order valence-electron chi connectivity index (χ2n) is 4.88. The van der Waals surface area contributed by atoms with Gasteiger partial charge in [0.1, 0.15) is 5.75 Å². The smallest absolute Gasteiger partial charge is 0.265 e. The number of amides is 2. The number of ether oxygens (including phenoxy) is 1. The Kier molecular flexibility index (Phi) is 2.89. The maximum absolute atomic E-state index is 12.2. The van der Waals surface area contributed by atoms with E-state index < -0.39 is 6.10 Å². The van der Waals surface area contributed by atoms with Crippen molar-refractivity contribution in [3.05, 3.63) is 24.3 Å². The van der Waals surface area contributed by atoms with Gasteiger partial charge in [0.05, 0.1) is 12.2 Å². The van der Waals surface area contributed by atoms with Crippen LogP contribution in [0.25, 0.3) is 0 Å². The molecule has 0 saturated carbocycles. The lowest BCUT2D eigenvalue weighted by Crippen LogP contribution is -2.54. The van der Waals surface area contributed by atoms with Crippen molar-refractivity contribution >= 4 is 17.5 Å². The highest BCUT2D eigenvalue weighted by Crippen LogP contribution is 2.33. The molecule has 2 aliphatic rings. The Balaban J connectivity index is 1.87. The minimum Gasteiger partial charge on any atom is -0.476 e. The Hall–Kier alpha value is -2.04. The van der Waals surface area contributed by atoms with Crippen LogP contribution in [0.15, 0.2) is 24.3 Å². The van der Waals surface area contributed by atoms with Gasteiger partial charge in [0.25, 0.3) is 5.91 Å². The number of anilines is 1. The molecule has 1 fully saturated rings. The molecule has 19 heavy (non-hydrogen) atoms. The van der Waals surface area contributed by atoms with Gasteiger partial charge in [-0.15, -0.1) is 0 Å². The van der Waals surface area contributed by atoms with Crippen LogP contribution in [-0.4, -0.2) is 42.5 Å². The predicted molar refractivity (Wildman–Crippen MR) is 70.1 cm³/mol. The summed E-state index contributed by atoms with van der Waals surface area (Å²) in [6, 6.07) is 7.32. The molecule has 3 rings (SSSR count). The first-order valence-corrected chi connectivity index (χ1v) is 6.49. The Labute approximate surface area is 111 Å². The average molecular weight is 260 g/mol. The fourth-order valence-corrected chi connectivity index (χ4v) is 2.40. The lowest BCUT2D eigenvalue weighted by molar-refractivity contribution is -0.142. The van der Waals surface area contributed by atoms with Gasteiger partial charge in [-0.2, -0.15) is 0 Å².